The first-order chi connectivity index (χ1) is 10.7. The Kier molecular flexibility index (Phi) is 4.30. The summed E-state index contributed by atoms with van der Waals surface area (Å²) in [5.74, 6) is 3.29. The molecule has 1 nitrogen and oxygen atoms in total. The normalized spacial score (nSPS) is 42.9. The number of hydrogen-bond donors (Lipinski definition) is 0. The van der Waals surface area contributed by atoms with Crippen LogP contribution in [0.1, 0.15) is 80.1 Å². The third kappa shape index (κ3) is 2.72. The Labute approximate surface area is 143 Å². The van der Waals surface area contributed by atoms with Crippen molar-refractivity contribution in [2.45, 2.75) is 80.1 Å². The van der Waals surface area contributed by atoms with Gasteiger partial charge in [-0.05, 0) is 79.1 Å². The zero-order valence-corrected chi connectivity index (χ0v) is 16.1. The highest BCUT2D eigenvalue weighted by Crippen LogP contribution is 2.61. The van der Waals surface area contributed by atoms with Crippen molar-refractivity contribution >= 4 is 5.78 Å². The summed E-state index contributed by atoms with van der Waals surface area (Å²) in [6.07, 6.45) is 9.81. The molecule has 1 heteroatoms. The predicted molar refractivity (Wildman–Crippen MR) is 97.2 cm³/mol. The van der Waals surface area contributed by atoms with E-state index in [0.29, 0.717) is 29.0 Å². The second-order valence-corrected chi connectivity index (χ2v) is 10.0. The summed E-state index contributed by atoms with van der Waals surface area (Å²) in [5.41, 5.74) is 2.06. The fourth-order valence-corrected chi connectivity index (χ4v) is 6.52. The Morgan fingerprint density at radius 2 is 1.83 bits per heavy atom. The number of carbonyl (C=O) groups is 1. The molecule has 0 aromatic heterocycles. The van der Waals surface area contributed by atoms with Gasteiger partial charge in [-0.2, -0.15) is 0 Å². The Balaban J connectivity index is 2.02. The van der Waals surface area contributed by atoms with Crippen LogP contribution in [0.4, 0.5) is 0 Å². The second-order valence-electron chi connectivity index (χ2n) is 10.0. The summed E-state index contributed by atoms with van der Waals surface area (Å²) in [6.45, 7) is 14.1. The molecule has 2 saturated carbocycles. The molecule has 130 valence electrons. The SMILES string of the molecule is CCC1C(C(C)C)=CC(=O)C2C3CC(C)(C)CCC3CCC12C. The van der Waals surface area contributed by atoms with Crippen LogP contribution in [0.2, 0.25) is 0 Å². The van der Waals surface area contributed by atoms with Gasteiger partial charge >= 0.3 is 0 Å². The molecule has 5 atom stereocenters. The van der Waals surface area contributed by atoms with E-state index in [4.69, 9.17) is 0 Å². The van der Waals surface area contributed by atoms with E-state index in [1.165, 1.54) is 44.1 Å². The van der Waals surface area contributed by atoms with Gasteiger partial charge in [-0.15, -0.1) is 0 Å². The summed E-state index contributed by atoms with van der Waals surface area (Å²) in [4.78, 5) is 13.2. The molecule has 0 heterocycles. The van der Waals surface area contributed by atoms with E-state index in [0.717, 1.165) is 5.92 Å². The number of rotatable bonds is 2. The number of allylic oxidation sites excluding steroid dienone is 2. The highest BCUT2D eigenvalue weighted by Gasteiger charge is 2.56. The monoisotopic (exact) mass is 316 g/mol. The van der Waals surface area contributed by atoms with Gasteiger partial charge in [0.2, 0.25) is 0 Å². The first-order valence-corrected chi connectivity index (χ1v) is 9.95. The number of ketones is 1. The van der Waals surface area contributed by atoms with Crippen molar-refractivity contribution in [2.75, 3.05) is 0 Å². The molecule has 0 bridgehead atoms. The molecule has 23 heavy (non-hydrogen) atoms. The minimum atomic E-state index is 0.203. The zero-order chi connectivity index (χ0) is 17.0. The number of carbonyl (C=O) groups excluding carboxylic acids is 1. The first kappa shape index (κ1) is 17.2. The van der Waals surface area contributed by atoms with E-state index in [9.17, 15) is 4.79 Å². The van der Waals surface area contributed by atoms with Crippen molar-refractivity contribution in [3.05, 3.63) is 11.6 Å². The molecule has 0 aliphatic heterocycles. The van der Waals surface area contributed by atoms with E-state index in [-0.39, 0.29) is 11.3 Å². The summed E-state index contributed by atoms with van der Waals surface area (Å²) < 4.78 is 0. The van der Waals surface area contributed by atoms with Crippen molar-refractivity contribution in [3.63, 3.8) is 0 Å². The van der Waals surface area contributed by atoms with Gasteiger partial charge in [0.05, 0.1) is 0 Å². The van der Waals surface area contributed by atoms with Crippen LogP contribution in [0.25, 0.3) is 0 Å². The Morgan fingerprint density at radius 1 is 1.17 bits per heavy atom. The third-order valence-corrected chi connectivity index (χ3v) is 7.67. The maximum atomic E-state index is 13.2. The standard InChI is InChI=1S/C22H36O/c1-7-18-16(14(2)3)12-19(23)20-17-13-21(4,5)10-8-15(17)9-11-22(18,20)6/h12,14-15,17-18,20H,7-11,13H2,1-6H3. The zero-order valence-electron chi connectivity index (χ0n) is 16.1. The van der Waals surface area contributed by atoms with Gasteiger partial charge in [-0.25, -0.2) is 0 Å². The molecule has 5 unspecified atom stereocenters. The smallest absolute Gasteiger partial charge is 0.159 e. The van der Waals surface area contributed by atoms with Crippen LogP contribution in [-0.4, -0.2) is 5.78 Å². The first-order valence-electron chi connectivity index (χ1n) is 9.95. The van der Waals surface area contributed by atoms with E-state index in [2.05, 4.69) is 47.6 Å². The third-order valence-electron chi connectivity index (χ3n) is 7.67. The molecule has 3 rings (SSSR count). The van der Waals surface area contributed by atoms with Crippen LogP contribution in [0.15, 0.2) is 11.6 Å². The highest BCUT2D eigenvalue weighted by atomic mass is 16.1. The van der Waals surface area contributed by atoms with Gasteiger partial charge in [0.1, 0.15) is 0 Å². The topological polar surface area (TPSA) is 17.1 Å². The van der Waals surface area contributed by atoms with Gasteiger partial charge < -0.3 is 0 Å². The number of hydrogen-bond acceptors (Lipinski definition) is 1. The maximum absolute atomic E-state index is 13.2. The molecule has 0 aromatic rings. The van der Waals surface area contributed by atoms with E-state index >= 15 is 0 Å². The van der Waals surface area contributed by atoms with Crippen LogP contribution in [0, 0.1) is 40.4 Å². The molecule has 0 amide bonds. The average molecular weight is 317 g/mol. The maximum Gasteiger partial charge on any atom is 0.159 e. The Bertz CT molecular complexity index is 512. The molecule has 0 radical (unpaired) electrons. The fourth-order valence-electron chi connectivity index (χ4n) is 6.52. The molecule has 2 fully saturated rings. The molecule has 0 spiro atoms. The highest BCUT2D eigenvalue weighted by molar-refractivity contribution is 5.94. The van der Waals surface area contributed by atoms with Crippen LogP contribution < -0.4 is 0 Å². The molecular formula is C22H36O. The largest absolute Gasteiger partial charge is 0.295 e. The lowest BCUT2D eigenvalue weighted by molar-refractivity contribution is -0.138. The van der Waals surface area contributed by atoms with Crippen LogP contribution >= 0.6 is 0 Å². The predicted octanol–water partition coefficient (Wildman–Crippen LogP) is 6.04. The molecule has 3 aliphatic carbocycles. The van der Waals surface area contributed by atoms with Gasteiger partial charge in [-0.1, -0.05) is 47.1 Å². The summed E-state index contributed by atoms with van der Waals surface area (Å²) in [5, 5.41) is 0. The van der Waals surface area contributed by atoms with Crippen molar-refractivity contribution in [3.8, 4) is 0 Å². The van der Waals surface area contributed by atoms with E-state index in [1.807, 2.05) is 0 Å². The van der Waals surface area contributed by atoms with Gasteiger partial charge in [0.25, 0.3) is 0 Å². The van der Waals surface area contributed by atoms with Gasteiger partial charge in [-0.3, -0.25) is 4.79 Å². The fraction of sp³-hybridized carbons (Fsp3) is 0.864. The van der Waals surface area contributed by atoms with Crippen molar-refractivity contribution in [2.24, 2.45) is 40.4 Å². The van der Waals surface area contributed by atoms with Crippen molar-refractivity contribution < 1.29 is 4.79 Å². The van der Waals surface area contributed by atoms with Crippen LogP contribution in [0.3, 0.4) is 0 Å². The lowest BCUT2D eigenvalue weighted by Gasteiger charge is -2.58. The lowest BCUT2D eigenvalue weighted by Crippen LogP contribution is -2.54. The Hall–Kier alpha value is -0.590. The van der Waals surface area contributed by atoms with Crippen LogP contribution in [-0.2, 0) is 4.79 Å². The van der Waals surface area contributed by atoms with E-state index in [1.54, 1.807) is 0 Å². The molecule has 3 aliphatic rings. The summed E-state index contributed by atoms with van der Waals surface area (Å²) in [6, 6.07) is 0. The second kappa shape index (κ2) is 5.74. The van der Waals surface area contributed by atoms with Gasteiger partial charge in [0, 0.05) is 5.92 Å². The molecule has 0 N–H and O–H groups in total. The van der Waals surface area contributed by atoms with Crippen LogP contribution in [0.5, 0.6) is 0 Å². The lowest BCUT2D eigenvalue weighted by atomic mass is 9.45. The number of fused-ring (bicyclic) bond motifs is 3. The molecule has 0 aromatic carbocycles. The molecular weight excluding hydrogens is 280 g/mol. The summed E-state index contributed by atoms with van der Waals surface area (Å²) in [7, 11) is 0. The average Bonchev–Trinajstić information content (AvgIpc) is 2.44. The van der Waals surface area contributed by atoms with Crippen molar-refractivity contribution in [1.82, 2.24) is 0 Å². The van der Waals surface area contributed by atoms with Gasteiger partial charge in [0.15, 0.2) is 5.78 Å². The molecule has 0 saturated heterocycles. The minimum Gasteiger partial charge on any atom is -0.295 e. The summed E-state index contributed by atoms with van der Waals surface area (Å²) >= 11 is 0. The van der Waals surface area contributed by atoms with Crippen molar-refractivity contribution in [1.29, 1.82) is 0 Å². The minimum absolute atomic E-state index is 0.203. The quantitative estimate of drug-likeness (QED) is 0.607. The Morgan fingerprint density at radius 3 is 2.43 bits per heavy atom. The van der Waals surface area contributed by atoms with E-state index < -0.39 is 0 Å².